The van der Waals surface area contributed by atoms with E-state index in [2.05, 4.69) is 5.32 Å². The summed E-state index contributed by atoms with van der Waals surface area (Å²) in [7, 11) is 0. The predicted octanol–water partition coefficient (Wildman–Crippen LogP) is 1.52. The Morgan fingerprint density at radius 2 is 1.89 bits per heavy atom. The lowest BCUT2D eigenvalue weighted by atomic mass is 10.1. The molecule has 18 heavy (non-hydrogen) atoms. The zero-order chi connectivity index (χ0) is 12.8. The van der Waals surface area contributed by atoms with Gasteiger partial charge in [-0.3, -0.25) is 9.59 Å². The Morgan fingerprint density at radius 3 is 2.44 bits per heavy atom. The monoisotopic (exact) mass is 245 g/mol. The van der Waals surface area contributed by atoms with Crippen molar-refractivity contribution in [3.8, 4) is 0 Å². The molecule has 4 heteroatoms. The van der Waals surface area contributed by atoms with E-state index >= 15 is 0 Å². The van der Waals surface area contributed by atoms with Gasteiger partial charge in [0, 0.05) is 12.0 Å². The molecule has 2 atom stereocenters. The lowest BCUT2D eigenvalue weighted by Gasteiger charge is -2.10. The molecule has 2 aliphatic rings. The summed E-state index contributed by atoms with van der Waals surface area (Å²) < 4.78 is 0. The maximum Gasteiger partial charge on any atom is 0.319 e. The van der Waals surface area contributed by atoms with E-state index in [-0.39, 0.29) is 11.9 Å². The van der Waals surface area contributed by atoms with E-state index in [1.807, 2.05) is 30.3 Å². The molecule has 0 aliphatic heterocycles. The van der Waals surface area contributed by atoms with Crippen molar-refractivity contribution in [2.24, 2.45) is 5.41 Å². The van der Waals surface area contributed by atoms with Gasteiger partial charge < -0.3 is 10.4 Å². The molecular formula is C14H15NO3. The summed E-state index contributed by atoms with van der Waals surface area (Å²) in [6.07, 6.45) is 1.85. The van der Waals surface area contributed by atoms with Crippen LogP contribution in [0.3, 0.4) is 0 Å². The van der Waals surface area contributed by atoms with Crippen molar-refractivity contribution in [2.45, 2.75) is 31.2 Å². The molecule has 0 heterocycles. The SMILES string of the molecule is O=C(O)C1(C(=O)NC2CC2c2ccccc2)CC1. The van der Waals surface area contributed by atoms with Crippen molar-refractivity contribution >= 4 is 11.9 Å². The van der Waals surface area contributed by atoms with Crippen LogP contribution in [0.25, 0.3) is 0 Å². The Balaban J connectivity index is 1.61. The Bertz CT molecular complexity index is 493. The molecule has 0 aromatic heterocycles. The summed E-state index contributed by atoms with van der Waals surface area (Å²) in [4.78, 5) is 22.9. The highest BCUT2D eigenvalue weighted by atomic mass is 16.4. The van der Waals surface area contributed by atoms with Gasteiger partial charge >= 0.3 is 5.97 Å². The number of benzene rings is 1. The van der Waals surface area contributed by atoms with Crippen LogP contribution in [0, 0.1) is 5.41 Å². The van der Waals surface area contributed by atoms with Gasteiger partial charge in [-0.2, -0.15) is 0 Å². The molecule has 2 fully saturated rings. The van der Waals surface area contributed by atoms with Gasteiger partial charge in [0.2, 0.25) is 5.91 Å². The minimum absolute atomic E-state index is 0.108. The van der Waals surface area contributed by atoms with Gasteiger partial charge in [0.15, 0.2) is 0 Å². The first-order valence-electron chi connectivity index (χ1n) is 6.23. The summed E-state index contributed by atoms with van der Waals surface area (Å²) in [5, 5.41) is 11.9. The number of hydrogen-bond acceptors (Lipinski definition) is 2. The van der Waals surface area contributed by atoms with E-state index in [1.54, 1.807) is 0 Å². The second-order valence-corrected chi connectivity index (χ2v) is 5.22. The molecule has 3 rings (SSSR count). The fourth-order valence-corrected chi connectivity index (χ4v) is 2.39. The molecule has 1 amide bonds. The van der Waals surface area contributed by atoms with Crippen LogP contribution in [-0.4, -0.2) is 23.0 Å². The third-order valence-corrected chi connectivity index (χ3v) is 3.93. The number of amides is 1. The number of carbonyl (C=O) groups excluding carboxylic acids is 1. The number of aliphatic carboxylic acids is 1. The van der Waals surface area contributed by atoms with Gasteiger partial charge in [0.25, 0.3) is 0 Å². The van der Waals surface area contributed by atoms with Crippen molar-refractivity contribution in [3.63, 3.8) is 0 Å². The van der Waals surface area contributed by atoms with Crippen LogP contribution in [0.4, 0.5) is 0 Å². The lowest BCUT2D eigenvalue weighted by Crippen LogP contribution is -2.38. The number of rotatable bonds is 4. The third-order valence-electron chi connectivity index (χ3n) is 3.93. The summed E-state index contributed by atoms with van der Waals surface area (Å²) in [6.45, 7) is 0. The second kappa shape index (κ2) is 3.83. The third kappa shape index (κ3) is 1.78. The van der Waals surface area contributed by atoms with Crippen molar-refractivity contribution in [1.82, 2.24) is 5.32 Å². The van der Waals surface area contributed by atoms with E-state index in [9.17, 15) is 9.59 Å². The molecule has 0 radical (unpaired) electrons. The number of hydrogen-bond donors (Lipinski definition) is 2. The minimum atomic E-state index is -1.12. The van der Waals surface area contributed by atoms with Gasteiger partial charge in [-0.1, -0.05) is 30.3 Å². The van der Waals surface area contributed by atoms with E-state index in [1.165, 1.54) is 5.56 Å². The smallest absolute Gasteiger partial charge is 0.319 e. The Hall–Kier alpha value is -1.84. The lowest BCUT2D eigenvalue weighted by molar-refractivity contribution is -0.149. The zero-order valence-corrected chi connectivity index (χ0v) is 9.93. The van der Waals surface area contributed by atoms with Gasteiger partial charge in [-0.05, 0) is 24.8 Å². The molecular weight excluding hydrogens is 230 g/mol. The van der Waals surface area contributed by atoms with Gasteiger partial charge in [-0.25, -0.2) is 0 Å². The van der Waals surface area contributed by atoms with E-state index < -0.39 is 11.4 Å². The van der Waals surface area contributed by atoms with Crippen molar-refractivity contribution in [1.29, 1.82) is 0 Å². The van der Waals surface area contributed by atoms with E-state index in [0.29, 0.717) is 18.8 Å². The van der Waals surface area contributed by atoms with Gasteiger partial charge in [0.1, 0.15) is 5.41 Å². The molecule has 0 spiro atoms. The molecule has 2 aliphatic carbocycles. The molecule has 94 valence electrons. The molecule has 2 unspecified atom stereocenters. The average Bonchev–Trinajstić information content (AvgIpc) is 3.24. The molecule has 0 bridgehead atoms. The Morgan fingerprint density at radius 1 is 1.22 bits per heavy atom. The fourth-order valence-electron chi connectivity index (χ4n) is 2.39. The molecule has 2 N–H and O–H groups in total. The number of carbonyl (C=O) groups is 2. The zero-order valence-electron chi connectivity index (χ0n) is 9.93. The second-order valence-electron chi connectivity index (χ2n) is 5.22. The summed E-state index contributed by atoms with van der Waals surface area (Å²) in [5.74, 6) is -0.949. The highest BCUT2D eigenvalue weighted by Gasteiger charge is 2.58. The van der Waals surface area contributed by atoms with E-state index in [4.69, 9.17) is 5.11 Å². The van der Waals surface area contributed by atoms with E-state index in [0.717, 1.165) is 6.42 Å². The van der Waals surface area contributed by atoms with Crippen LogP contribution in [-0.2, 0) is 9.59 Å². The predicted molar refractivity (Wildman–Crippen MR) is 65.0 cm³/mol. The van der Waals surface area contributed by atoms with Crippen LogP contribution in [0.1, 0.15) is 30.7 Å². The highest BCUT2D eigenvalue weighted by molar-refractivity contribution is 6.05. The highest BCUT2D eigenvalue weighted by Crippen LogP contribution is 2.48. The van der Waals surface area contributed by atoms with Crippen LogP contribution in [0.5, 0.6) is 0 Å². The van der Waals surface area contributed by atoms with Gasteiger partial charge in [-0.15, -0.1) is 0 Å². The summed E-state index contributed by atoms with van der Waals surface area (Å²) in [5.41, 5.74) is 0.0899. The average molecular weight is 245 g/mol. The molecule has 0 saturated heterocycles. The largest absolute Gasteiger partial charge is 0.480 e. The van der Waals surface area contributed by atoms with Crippen LogP contribution < -0.4 is 5.32 Å². The topological polar surface area (TPSA) is 66.4 Å². The van der Waals surface area contributed by atoms with Crippen LogP contribution in [0.2, 0.25) is 0 Å². The van der Waals surface area contributed by atoms with Crippen LogP contribution >= 0.6 is 0 Å². The molecule has 1 aromatic rings. The standard InChI is InChI=1S/C14H15NO3/c16-12(14(6-7-14)13(17)18)15-11-8-10(11)9-4-2-1-3-5-9/h1-5,10-11H,6-8H2,(H,15,16)(H,17,18). The molecule has 1 aromatic carbocycles. The number of carboxylic acids is 1. The van der Waals surface area contributed by atoms with Crippen molar-refractivity contribution in [2.75, 3.05) is 0 Å². The fraction of sp³-hybridized carbons (Fsp3) is 0.429. The molecule has 2 saturated carbocycles. The number of carboxylic acid groups (broad SMARTS) is 1. The first-order valence-corrected chi connectivity index (χ1v) is 6.23. The number of nitrogens with one attached hydrogen (secondary N) is 1. The quantitative estimate of drug-likeness (QED) is 0.790. The maximum absolute atomic E-state index is 11.9. The minimum Gasteiger partial charge on any atom is -0.480 e. The van der Waals surface area contributed by atoms with Crippen LogP contribution in [0.15, 0.2) is 30.3 Å². The Kier molecular flexibility index (Phi) is 2.40. The molecule has 4 nitrogen and oxygen atoms in total. The normalized spacial score (nSPS) is 27.3. The van der Waals surface area contributed by atoms with Crippen molar-refractivity contribution in [3.05, 3.63) is 35.9 Å². The summed E-state index contributed by atoms with van der Waals surface area (Å²) >= 11 is 0. The first kappa shape index (κ1) is 11.3. The Labute approximate surface area is 105 Å². The first-order chi connectivity index (χ1) is 8.63. The maximum atomic E-state index is 11.9. The van der Waals surface area contributed by atoms with Crippen molar-refractivity contribution < 1.29 is 14.7 Å². The van der Waals surface area contributed by atoms with Gasteiger partial charge in [0.05, 0.1) is 0 Å². The summed E-state index contributed by atoms with van der Waals surface area (Å²) in [6, 6.07) is 10.1.